The van der Waals surface area contributed by atoms with Crippen molar-refractivity contribution in [3.63, 3.8) is 0 Å². The van der Waals surface area contributed by atoms with Gasteiger partial charge >= 0.3 is 0 Å². The van der Waals surface area contributed by atoms with Gasteiger partial charge in [0.05, 0.1) is 11.2 Å². The number of nitrogen functional groups attached to an aromatic ring is 1. The first kappa shape index (κ1) is 14.6. The van der Waals surface area contributed by atoms with Crippen LogP contribution in [-0.2, 0) is 13.0 Å². The fourth-order valence-corrected chi connectivity index (χ4v) is 2.70. The fourth-order valence-electron chi connectivity index (χ4n) is 2.70. The van der Waals surface area contributed by atoms with Crippen LogP contribution in [0.2, 0.25) is 0 Å². The first-order chi connectivity index (χ1) is 10.7. The van der Waals surface area contributed by atoms with Gasteiger partial charge in [-0.2, -0.15) is 0 Å². The molecule has 1 aromatic heterocycles. The molecule has 0 aliphatic heterocycles. The molecule has 3 nitrogen and oxygen atoms in total. The number of aromatic nitrogens is 2. The lowest BCUT2D eigenvalue weighted by molar-refractivity contribution is 0.620. The van der Waals surface area contributed by atoms with E-state index in [0.717, 1.165) is 41.8 Å². The summed E-state index contributed by atoms with van der Waals surface area (Å²) in [5, 5.41) is 0. The van der Waals surface area contributed by atoms with Crippen LogP contribution < -0.4 is 5.73 Å². The molecule has 0 aliphatic carbocycles. The first-order valence-corrected chi connectivity index (χ1v) is 7.67. The van der Waals surface area contributed by atoms with Crippen molar-refractivity contribution in [2.45, 2.75) is 32.7 Å². The molecule has 4 heteroatoms. The third kappa shape index (κ3) is 2.82. The van der Waals surface area contributed by atoms with E-state index in [1.807, 2.05) is 24.3 Å². The number of benzene rings is 2. The largest absolute Gasteiger partial charge is 0.397 e. The summed E-state index contributed by atoms with van der Waals surface area (Å²) in [5.41, 5.74) is 9.74. The molecule has 2 aromatic carbocycles. The molecule has 0 aliphatic rings. The summed E-state index contributed by atoms with van der Waals surface area (Å²) in [6, 6.07) is 12.5. The minimum absolute atomic E-state index is 0.215. The average Bonchev–Trinajstić information content (AvgIpc) is 2.86. The standard InChI is InChI=1S/C18H20FN3/c1-2-3-11-22-16-6-4-5-15(20)18(16)21-17(22)12-13-7-9-14(19)10-8-13/h4-10H,2-3,11-12,20H2,1H3. The highest BCUT2D eigenvalue weighted by Gasteiger charge is 2.12. The number of nitrogens with zero attached hydrogens (tertiary/aromatic N) is 2. The van der Waals surface area contributed by atoms with Crippen LogP contribution >= 0.6 is 0 Å². The highest BCUT2D eigenvalue weighted by Crippen LogP contribution is 2.24. The number of para-hydroxylation sites is 1. The normalized spacial score (nSPS) is 11.2. The van der Waals surface area contributed by atoms with E-state index >= 15 is 0 Å². The van der Waals surface area contributed by atoms with Crippen LogP contribution in [0.25, 0.3) is 11.0 Å². The predicted molar refractivity (Wildman–Crippen MR) is 88.3 cm³/mol. The van der Waals surface area contributed by atoms with Crippen molar-refractivity contribution < 1.29 is 4.39 Å². The van der Waals surface area contributed by atoms with Crippen LogP contribution in [0.3, 0.4) is 0 Å². The van der Waals surface area contributed by atoms with Gasteiger partial charge in [0.2, 0.25) is 0 Å². The summed E-state index contributed by atoms with van der Waals surface area (Å²) in [5.74, 6) is 0.764. The number of rotatable bonds is 5. The second kappa shape index (κ2) is 6.18. The molecule has 0 radical (unpaired) electrons. The Kier molecular flexibility index (Phi) is 4.09. The third-order valence-electron chi connectivity index (χ3n) is 3.90. The molecule has 1 heterocycles. The monoisotopic (exact) mass is 297 g/mol. The lowest BCUT2D eigenvalue weighted by atomic mass is 10.1. The smallest absolute Gasteiger partial charge is 0.123 e. The van der Waals surface area contributed by atoms with E-state index in [9.17, 15) is 4.39 Å². The number of nitrogens with two attached hydrogens (primary N) is 1. The third-order valence-corrected chi connectivity index (χ3v) is 3.90. The van der Waals surface area contributed by atoms with E-state index in [-0.39, 0.29) is 5.82 Å². The Morgan fingerprint density at radius 1 is 1.14 bits per heavy atom. The van der Waals surface area contributed by atoms with Crippen LogP contribution in [0.1, 0.15) is 31.2 Å². The van der Waals surface area contributed by atoms with Crippen LogP contribution in [0.4, 0.5) is 10.1 Å². The van der Waals surface area contributed by atoms with Crippen molar-refractivity contribution in [3.8, 4) is 0 Å². The summed E-state index contributed by atoms with van der Waals surface area (Å²) in [4.78, 5) is 4.73. The highest BCUT2D eigenvalue weighted by molar-refractivity contribution is 5.87. The van der Waals surface area contributed by atoms with Crippen LogP contribution in [-0.4, -0.2) is 9.55 Å². The van der Waals surface area contributed by atoms with Crippen LogP contribution in [0.15, 0.2) is 42.5 Å². The van der Waals surface area contributed by atoms with Gasteiger partial charge in [-0.05, 0) is 36.2 Å². The Bertz CT molecular complexity index is 775. The molecule has 2 N–H and O–H groups in total. The van der Waals surface area contributed by atoms with Crippen LogP contribution in [0.5, 0.6) is 0 Å². The Balaban J connectivity index is 2.03. The number of halogens is 1. The minimum atomic E-state index is -0.215. The Morgan fingerprint density at radius 3 is 2.64 bits per heavy atom. The van der Waals surface area contributed by atoms with Gasteiger partial charge in [0, 0.05) is 13.0 Å². The zero-order chi connectivity index (χ0) is 15.5. The molecule has 0 unspecified atom stereocenters. The molecule has 0 spiro atoms. The Hall–Kier alpha value is -2.36. The minimum Gasteiger partial charge on any atom is -0.397 e. The highest BCUT2D eigenvalue weighted by atomic mass is 19.1. The van der Waals surface area contributed by atoms with Crippen molar-refractivity contribution in [3.05, 3.63) is 59.7 Å². The van der Waals surface area contributed by atoms with Gasteiger partial charge in [-0.3, -0.25) is 0 Å². The average molecular weight is 297 g/mol. The van der Waals surface area contributed by atoms with E-state index in [1.54, 1.807) is 0 Å². The topological polar surface area (TPSA) is 43.8 Å². The van der Waals surface area contributed by atoms with Crippen molar-refractivity contribution in [1.82, 2.24) is 9.55 Å². The molecule has 0 saturated carbocycles. The zero-order valence-electron chi connectivity index (χ0n) is 12.7. The number of anilines is 1. The summed E-state index contributed by atoms with van der Waals surface area (Å²) in [6.45, 7) is 3.10. The number of aryl methyl sites for hydroxylation is 1. The molecule has 0 fully saturated rings. The SMILES string of the molecule is CCCCn1c(Cc2ccc(F)cc2)nc2c(N)cccc21. The van der Waals surface area contributed by atoms with Crippen molar-refractivity contribution in [2.75, 3.05) is 5.73 Å². The molecular formula is C18H20FN3. The molecule has 0 amide bonds. The fraction of sp³-hybridized carbons (Fsp3) is 0.278. The molecule has 0 bridgehead atoms. The van der Waals surface area contributed by atoms with Crippen molar-refractivity contribution in [1.29, 1.82) is 0 Å². The van der Waals surface area contributed by atoms with Crippen LogP contribution in [0, 0.1) is 5.82 Å². The predicted octanol–water partition coefficient (Wildman–Crippen LogP) is 4.15. The molecule has 114 valence electrons. The van der Waals surface area contributed by atoms with Gasteiger partial charge in [0.15, 0.2) is 0 Å². The van der Waals surface area contributed by atoms with E-state index in [0.29, 0.717) is 12.1 Å². The molecule has 3 aromatic rings. The molecule has 22 heavy (non-hydrogen) atoms. The van der Waals surface area contributed by atoms with E-state index < -0.39 is 0 Å². The summed E-state index contributed by atoms with van der Waals surface area (Å²) < 4.78 is 15.3. The van der Waals surface area contributed by atoms with Gasteiger partial charge in [-0.15, -0.1) is 0 Å². The number of hydrogen-bond acceptors (Lipinski definition) is 2. The molecule has 3 rings (SSSR count). The van der Waals surface area contributed by atoms with Gasteiger partial charge in [0.1, 0.15) is 17.2 Å². The van der Waals surface area contributed by atoms with E-state index in [1.165, 1.54) is 12.1 Å². The molecule has 0 saturated heterocycles. The van der Waals surface area contributed by atoms with Crippen molar-refractivity contribution in [2.24, 2.45) is 0 Å². The van der Waals surface area contributed by atoms with Crippen molar-refractivity contribution >= 4 is 16.7 Å². The van der Waals surface area contributed by atoms with Gasteiger partial charge < -0.3 is 10.3 Å². The quantitative estimate of drug-likeness (QED) is 0.719. The van der Waals surface area contributed by atoms with Gasteiger partial charge in [0.25, 0.3) is 0 Å². The summed E-state index contributed by atoms with van der Waals surface area (Å²) in [6.07, 6.45) is 2.90. The van der Waals surface area contributed by atoms with Gasteiger partial charge in [-0.25, -0.2) is 9.37 Å². The van der Waals surface area contributed by atoms with E-state index in [4.69, 9.17) is 10.7 Å². The second-order valence-corrected chi connectivity index (χ2v) is 5.55. The zero-order valence-corrected chi connectivity index (χ0v) is 12.7. The first-order valence-electron chi connectivity index (χ1n) is 7.67. The van der Waals surface area contributed by atoms with E-state index in [2.05, 4.69) is 17.6 Å². The number of unbranched alkanes of at least 4 members (excludes halogenated alkanes) is 1. The maximum Gasteiger partial charge on any atom is 0.123 e. The number of imidazole rings is 1. The van der Waals surface area contributed by atoms with Gasteiger partial charge in [-0.1, -0.05) is 31.5 Å². The second-order valence-electron chi connectivity index (χ2n) is 5.55. The summed E-state index contributed by atoms with van der Waals surface area (Å²) in [7, 11) is 0. The molecule has 0 atom stereocenters. The lowest BCUT2D eigenvalue weighted by Gasteiger charge is -2.08. The molecular weight excluding hydrogens is 277 g/mol. The lowest BCUT2D eigenvalue weighted by Crippen LogP contribution is -2.04. The maximum absolute atomic E-state index is 13.1. The number of hydrogen-bond donors (Lipinski definition) is 1. The maximum atomic E-state index is 13.1. The Labute approximate surface area is 129 Å². The summed E-state index contributed by atoms with van der Waals surface area (Å²) >= 11 is 0. The number of fused-ring (bicyclic) bond motifs is 1. The Morgan fingerprint density at radius 2 is 1.91 bits per heavy atom.